The first-order valence-electron chi connectivity index (χ1n) is 5.70. The van der Waals surface area contributed by atoms with E-state index in [-0.39, 0.29) is 6.04 Å². The summed E-state index contributed by atoms with van der Waals surface area (Å²) in [6, 6.07) is 0.111. The SMILES string of the molecule is CCC(C=O)N(CC(C)C)CC(C)C. The lowest BCUT2D eigenvalue weighted by Gasteiger charge is -2.30. The molecule has 14 heavy (non-hydrogen) atoms. The summed E-state index contributed by atoms with van der Waals surface area (Å²) in [7, 11) is 0. The zero-order valence-corrected chi connectivity index (χ0v) is 10.3. The highest BCUT2D eigenvalue weighted by Gasteiger charge is 2.17. The molecule has 2 nitrogen and oxygen atoms in total. The van der Waals surface area contributed by atoms with Crippen molar-refractivity contribution in [3.63, 3.8) is 0 Å². The summed E-state index contributed by atoms with van der Waals surface area (Å²) >= 11 is 0. The van der Waals surface area contributed by atoms with Crippen LogP contribution in [-0.2, 0) is 4.79 Å². The minimum absolute atomic E-state index is 0.111. The molecule has 1 atom stereocenters. The molecule has 0 radical (unpaired) electrons. The molecule has 0 N–H and O–H groups in total. The molecule has 0 fully saturated rings. The van der Waals surface area contributed by atoms with E-state index in [4.69, 9.17) is 0 Å². The van der Waals surface area contributed by atoms with Gasteiger partial charge in [0.05, 0.1) is 6.04 Å². The molecule has 0 aromatic heterocycles. The van der Waals surface area contributed by atoms with E-state index >= 15 is 0 Å². The highest BCUT2D eigenvalue weighted by atomic mass is 16.1. The van der Waals surface area contributed by atoms with Gasteiger partial charge >= 0.3 is 0 Å². The van der Waals surface area contributed by atoms with Gasteiger partial charge in [0.15, 0.2) is 0 Å². The molecule has 0 aliphatic heterocycles. The molecular formula is C12H25NO. The Balaban J connectivity index is 4.27. The molecule has 0 rings (SSSR count). The fourth-order valence-corrected chi connectivity index (χ4v) is 1.72. The molecule has 0 aromatic carbocycles. The smallest absolute Gasteiger partial charge is 0.137 e. The van der Waals surface area contributed by atoms with Crippen LogP contribution in [0, 0.1) is 11.8 Å². The van der Waals surface area contributed by atoms with Crippen molar-refractivity contribution in [1.82, 2.24) is 4.90 Å². The minimum atomic E-state index is 0.111. The predicted octanol–water partition coefficient (Wildman–Crippen LogP) is 2.58. The molecule has 0 spiro atoms. The van der Waals surface area contributed by atoms with Crippen LogP contribution in [0.15, 0.2) is 0 Å². The van der Waals surface area contributed by atoms with E-state index in [0.717, 1.165) is 25.8 Å². The second-order valence-corrected chi connectivity index (χ2v) is 4.85. The zero-order chi connectivity index (χ0) is 11.1. The van der Waals surface area contributed by atoms with E-state index < -0.39 is 0 Å². The quantitative estimate of drug-likeness (QED) is 0.587. The summed E-state index contributed by atoms with van der Waals surface area (Å²) < 4.78 is 0. The second-order valence-electron chi connectivity index (χ2n) is 4.85. The monoisotopic (exact) mass is 199 g/mol. The molecule has 0 amide bonds. The Bertz CT molecular complexity index is 144. The topological polar surface area (TPSA) is 20.3 Å². The molecule has 0 saturated carbocycles. The number of aldehydes is 1. The van der Waals surface area contributed by atoms with Crippen LogP contribution < -0.4 is 0 Å². The Labute approximate surface area is 88.7 Å². The Kier molecular flexibility index (Phi) is 6.81. The lowest BCUT2D eigenvalue weighted by atomic mass is 10.1. The Morgan fingerprint density at radius 3 is 1.71 bits per heavy atom. The van der Waals surface area contributed by atoms with Crippen molar-refractivity contribution in [2.24, 2.45) is 11.8 Å². The maximum Gasteiger partial charge on any atom is 0.137 e. The molecule has 0 aliphatic rings. The number of carbonyl (C=O) groups is 1. The average Bonchev–Trinajstić information content (AvgIpc) is 2.03. The first kappa shape index (κ1) is 13.6. The summed E-state index contributed by atoms with van der Waals surface area (Å²) in [4.78, 5) is 13.2. The predicted molar refractivity (Wildman–Crippen MR) is 61.4 cm³/mol. The van der Waals surface area contributed by atoms with Gasteiger partial charge in [-0.05, 0) is 18.3 Å². The van der Waals surface area contributed by atoms with Gasteiger partial charge in [-0.3, -0.25) is 4.90 Å². The fraction of sp³-hybridized carbons (Fsp3) is 0.917. The minimum Gasteiger partial charge on any atom is -0.302 e. The van der Waals surface area contributed by atoms with Crippen LogP contribution in [0.25, 0.3) is 0 Å². The van der Waals surface area contributed by atoms with E-state index in [9.17, 15) is 4.79 Å². The number of carbonyl (C=O) groups excluding carboxylic acids is 1. The van der Waals surface area contributed by atoms with Crippen LogP contribution in [-0.4, -0.2) is 30.3 Å². The average molecular weight is 199 g/mol. The summed E-state index contributed by atoms with van der Waals surface area (Å²) in [6.45, 7) is 12.9. The van der Waals surface area contributed by atoms with Crippen molar-refractivity contribution in [3.05, 3.63) is 0 Å². The third-order valence-corrected chi connectivity index (χ3v) is 2.24. The summed E-state index contributed by atoms with van der Waals surface area (Å²) in [6.07, 6.45) is 2.01. The van der Waals surface area contributed by atoms with Crippen molar-refractivity contribution >= 4 is 6.29 Å². The molecular weight excluding hydrogens is 174 g/mol. The van der Waals surface area contributed by atoms with Crippen LogP contribution in [0.3, 0.4) is 0 Å². The van der Waals surface area contributed by atoms with Gasteiger partial charge in [0.1, 0.15) is 6.29 Å². The van der Waals surface area contributed by atoms with E-state index in [0.29, 0.717) is 11.8 Å². The zero-order valence-electron chi connectivity index (χ0n) is 10.3. The summed E-state index contributed by atoms with van der Waals surface area (Å²) in [5, 5.41) is 0. The van der Waals surface area contributed by atoms with Gasteiger partial charge in [0.25, 0.3) is 0 Å². The normalized spacial score (nSPS) is 14.0. The first-order valence-corrected chi connectivity index (χ1v) is 5.70. The van der Waals surface area contributed by atoms with Crippen LogP contribution in [0.5, 0.6) is 0 Å². The van der Waals surface area contributed by atoms with Gasteiger partial charge < -0.3 is 4.79 Å². The van der Waals surface area contributed by atoms with Crippen LogP contribution >= 0.6 is 0 Å². The Hall–Kier alpha value is -0.370. The third-order valence-electron chi connectivity index (χ3n) is 2.24. The van der Waals surface area contributed by atoms with Crippen molar-refractivity contribution in [2.45, 2.75) is 47.1 Å². The lowest BCUT2D eigenvalue weighted by molar-refractivity contribution is -0.112. The third kappa shape index (κ3) is 5.38. The number of hydrogen-bond acceptors (Lipinski definition) is 2. The first-order chi connectivity index (χ1) is 6.51. The number of hydrogen-bond donors (Lipinski definition) is 0. The highest BCUT2D eigenvalue weighted by Crippen LogP contribution is 2.09. The maximum absolute atomic E-state index is 10.9. The number of rotatable bonds is 7. The van der Waals surface area contributed by atoms with Gasteiger partial charge in [-0.25, -0.2) is 0 Å². The Morgan fingerprint density at radius 2 is 1.50 bits per heavy atom. The van der Waals surface area contributed by atoms with Crippen molar-refractivity contribution in [2.75, 3.05) is 13.1 Å². The molecule has 0 bridgehead atoms. The van der Waals surface area contributed by atoms with Gasteiger partial charge in [-0.2, -0.15) is 0 Å². The van der Waals surface area contributed by atoms with Crippen LogP contribution in [0.2, 0.25) is 0 Å². The van der Waals surface area contributed by atoms with E-state index in [1.807, 2.05) is 0 Å². The van der Waals surface area contributed by atoms with E-state index in [1.165, 1.54) is 0 Å². The van der Waals surface area contributed by atoms with Crippen LogP contribution in [0.4, 0.5) is 0 Å². The molecule has 2 heteroatoms. The van der Waals surface area contributed by atoms with Gasteiger partial charge in [0.2, 0.25) is 0 Å². The Morgan fingerprint density at radius 1 is 1.07 bits per heavy atom. The van der Waals surface area contributed by atoms with Gasteiger partial charge in [-0.1, -0.05) is 34.6 Å². The van der Waals surface area contributed by atoms with E-state index in [1.54, 1.807) is 0 Å². The molecule has 1 unspecified atom stereocenters. The molecule has 0 aromatic rings. The number of nitrogens with zero attached hydrogens (tertiary/aromatic N) is 1. The van der Waals surface area contributed by atoms with Crippen molar-refractivity contribution < 1.29 is 4.79 Å². The summed E-state index contributed by atoms with van der Waals surface area (Å²) in [5.41, 5.74) is 0. The fourth-order valence-electron chi connectivity index (χ4n) is 1.72. The van der Waals surface area contributed by atoms with Gasteiger partial charge in [-0.15, -0.1) is 0 Å². The molecule has 0 aliphatic carbocycles. The van der Waals surface area contributed by atoms with Crippen molar-refractivity contribution in [3.8, 4) is 0 Å². The standard InChI is InChI=1S/C12H25NO/c1-6-12(9-14)13(7-10(2)3)8-11(4)5/h9-12H,6-8H2,1-5H3. The highest BCUT2D eigenvalue weighted by molar-refractivity contribution is 5.57. The van der Waals surface area contributed by atoms with Crippen molar-refractivity contribution in [1.29, 1.82) is 0 Å². The lowest BCUT2D eigenvalue weighted by Crippen LogP contribution is -2.40. The molecule has 0 saturated heterocycles. The molecule has 0 heterocycles. The largest absolute Gasteiger partial charge is 0.302 e. The van der Waals surface area contributed by atoms with Gasteiger partial charge in [0, 0.05) is 13.1 Å². The van der Waals surface area contributed by atoms with Crippen LogP contribution in [0.1, 0.15) is 41.0 Å². The molecule has 84 valence electrons. The summed E-state index contributed by atoms with van der Waals surface area (Å²) in [5.74, 6) is 1.26. The van der Waals surface area contributed by atoms with E-state index in [2.05, 4.69) is 39.5 Å². The second kappa shape index (κ2) is 6.99. The maximum atomic E-state index is 10.9.